The van der Waals surface area contributed by atoms with Crippen molar-refractivity contribution < 1.29 is 18.5 Å². The van der Waals surface area contributed by atoms with Crippen LogP contribution in [0.2, 0.25) is 0 Å². The van der Waals surface area contributed by atoms with Crippen LogP contribution in [0.1, 0.15) is 16.1 Å². The number of rotatable bonds is 6. The zero-order chi connectivity index (χ0) is 18.7. The van der Waals surface area contributed by atoms with E-state index in [1.54, 1.807) is 25.1 Å². The summed E-state index contributed by atoms with van der Waals surface area (Å²) in [7, 11) is 0. The number of amides is 1. The molecular formula is C18H16FN3O4. The van der Waals surface area contributed by atoms with Crippen molar-refractivity contribution in [3.05, 3.63) is 69.7 Å². The van der Waals surface area contributed by atoms with Crippen LogP contribution in [0.4, 0.5) is 15.8 Å². The molecule has 8 heteroatoms. The summed E-state index contributed by atoms with van der Waals surface area (Å²) in [4.78, 5) is 22.7. The summed E-state index contributed by atoms with van der Waals surface area (Å²) in [6.45, 7) is 2.21. The lowest BCUT2D eigenvalue weighted by atomic mass is 10.1. The molecule has 3 rings (SSSR count). The van der Waals surface area contributed by atoms with Gasteiger partial charge in [-0.25, -0.2) is 4.39 Å². The molecule has 0 aliphatic heterocycles. The first-order chi connectivity index (χ1) is 12.5. The van der Waals surface area contributed by atoms with Crippen LogP contribution in [0.15, 0.2) is 46.9 Å². The average Bonchev–Trinajstić information content (AvgIpc) is 2.95. The molecule has 2 N–H and O–H groups in total. The van der Waals surface area contributed by atoms with E-state index < -0.39 is 16.6 Å². The molecule has 1 aromatic heterocycles. The van der Waals surface area contributed by atoms with E-state index >= 15 is 0 Å². The van der Waals surface area contributed by atoms with Gasteiger partial charge in [0.15, 0.2) is 5.76 Å². The maximum atomic E-state index is 13.3. The Bertz CT molecular complexity index is 984. The molecule has 0 aliphatic carbocycles. The molecule has 0 aliphatic rings. The van der Waals surface area contributed by atoms with Gasteiger partial charge in [0.2, 0.25) is 0 Å². The number of nitro groups is 1. The Morgan fingerprint density at radius 2 is 2.00 bits per heavy atom. The molecule has 0 saturated carbocycles. The van der Waals surface area contributed by atoms with Crippen LogP contribution in [0.3, 0.4) is 0 Å². The van der Waals surface area contributed by atoms with Gasteiger partial charge in [0.05, 0.1) is 4.92 Å². The standard InChI is InChI=1S/C18H16FN3O4/c1-11-13-10-12(19)6-7-16(13)26-17(11)18(23)21-9-8-20-14-4-2-3-5-15(14)22(24)25/h2-7,10,20H,8-9H2,1H3,(H,21,23). The van der Waals surface area contributed by atoms with Crippen LogP contribution in [0, 0.1) is 22.9 Å². The Labute approximate surface area is 148 Å². The number of carbonyl (C=O) groups excluding carboxylic acids is 1. The van der Waals surface area contributed by atoms with Crippen LogP contribution >= 0.6 is 0 Å². The molecule has 2 aromatic carbocycles. The molecule has 1 amide bonds. The first-order valence-electron chi connectivity index (χ1n) is 7.91. The number of aryl methyl sites for hydroxylation is 1. The van der Waals surface area contributed by atoms with Gasteiger partial charge in [-0.15, -0.1) is 0 Å². The molecular weight excluding hydrogens is 341 g/mol. The normalized spacial score (nSPS) is 10.7. The highest BCUT2D eigenvalue weighted by molar-refractivity contribution is 5.98. The fraction of sp³-hybridized carbons (Fsp3) is 0.167. The summed E-state index contributed by atoms with van der Waals surface area (Å²) < 4.78 is 18.8. The van der Waals surface area contributed by atoms with E-state index in [1.165, 1.54) is 24.3 Å². The Kier molecular flexibility index (Phi) is 4.83. The molecule has 0 unspecified atom stereocenters. The fourth-order valence-electron chi connectivity index (χ4n) is 2.65. The number of carbonyl (C=O) groups is 1. The van der Waals surface area contributed by atoms with Crippen molar-refractivity contribution in [3.63, 3.8) is 0 Å². The second kappa shape index (κ2) is 7.22. The quantitative estimate of drug-likeness (QED) is 0.399. The first-order valence-corrected chi connectivity index (χ1v) is 7.91. The predicted octanol–water partition coefficient (Wildman–Crippen LogP) is 3.63. The topological polar surface area (TPSA) is 97.4 Å². The molecule has 134 valence electrons. The van der Waals surface area contributed by atoms with Crippen molar-refractivity contribution in [3.8, 4) is 0 Å². The number of anilines is 1. The maximum absolute atomic E-state index is 13.3. The smallest absolute Gasteiger partial charge is 0.292 e. The summed E-state index contributed by atoms with van der Waals surface area (Å²) in [5, 5.41) is 17.1. The summed E-state index contributed by atoms with van der Waals surface area (Å²) in [5.74, 6) is -0.707. The van der Waals surface area contributed by atoms with E-state index in [-0.39, 0.29) is 18.0 Å². The van der Waals surface area contributed by atoms with Gasteiger partial charge in [-0.2, -0.15) is 0 Å². The Balaban J connectivity index is 1.62. The lowest BCUT2D eigenvalue weighted by molar-refractivity contribution is -0.384. The number of nitrogens with zero attached hydrogens (tertiary/aromatic N) is 1. The number of hydrogen-bond acceptors (Lipinski definition) is 5. The van der Waals surface area contributed by atoms with Crippen LogP contribution in [-0.4, -0.2) is 23.9 Å². The number of fused-ring (bicyclic) bond motifs is 1. The van der Waals surface area contributed by atoms with E-state index in [9.17, 15) is 19.3 Å². The zero-order valence-electron chi connectivity index (χ0n) is 13.9. The third-order valence-corrected chi connectivity index (χ3v) is 3.93. The number of benzene rings is 2. The molecule has 7 nitrogen and oxygen atoms in total. The second-order valence-corrected chi connectivity index (χ2v) is 5.65. The number of nitro benzene ring substituents is 1. The van der Waals surface area contributed by atoms with Gasteiger partial charge >= 0.3 is 0 Å². The molecule has 0 spiro atoms. The minimum atomic E-state index is -0.474. The van der Waals surface area contributed by atoms with Crippen molar-refractivity contribution in [2.45, 2.75) is 6.92 Å². The van der Waals surface area contributed by atoms with Crippen LogP contribution in [-0.2, 0) is 0 Å². The van der Waals surface area contributed by atoms with Crippen LogP contribution < -0.4 is 10.6 Å². The predicted molar refractivity (Wildman–Crippen MR) is 94.8 cm³/mol. The average molecular weight is 357 g/mol. The van der Waals surface area contributed by atoms with Crippen molar-refractivity contribution in [2.24, 2.45) is 0 Å². The minimum Gasteiger partial charge on any atom is -0.451 e. The highest BCUT2D eigenvalue weighted by Crippen LogP contribution is 2.26. The second-order valence-electron chi connectivity index (χ2n) is 5.65. The third-order valence-electron chi connectivity index (χ3n) is 3.93. The van der Waals surface area contributed by atoms with E-state index in [4.69, 9.17) is 4.42 Å². The van der Waals surface area contributed by atoms with Crippen molar-refractivity contribution in [2.75, 3.05) is 18.4 Å². The number of para-hydroxylation sites is 2. The van der Waals surface area contributed by atoms with Gasteiger partial charge in [0.1, 0.15) is 17.1 Å². The summed E-state index contributed by atoms with van der Waals surface area (Å²) in [5.41, 5.74) is 1.34. The highest BCUT2D eigenvalue weighted by Gasteiger charge is 2.18. The molecule has 0 fully saturated rings. The SMILES string of the molecule is Cc1c(C(=O)NCCNc2ccccc2[N+](=O)[O-])oc2ccc(F)cc12. The van der Waals surface area contributed by atoms with Crippen molar-refractivity contribution in [1.29, 1.82) is 0 Å². The summed E-state index contributed by atoms with van der Waals surface area (Å²) >= 11 is 0. The molecule has 0 saturated heterocycles. The highest BCUT2D eigenvalue weighted by atomic mass is 19.1. The Morgan fingerprint density at radius 1 is 1.23 bits per heavy atom. The van der Waals surface area contributed by atoms with Gasteiger partial charge in [-0.05, 0) is 31.2 Å². The molecule has 0 radical (unpaired) electrons. The van der Waals surface area contributed by atoms with E-state index in [2.05, 4.69) is 10.6 Å². The van der Waals surface area contributed by atoms with Gasteiger partial charge in [0.25, 0.3) is 11.6 Å². The lowest BCUT2D eigenvalue weighted by Gasteiger charge is -2.07. The Morgan fingerprint density at radius 3 is 2.77 bits per heavy atom. The molecule has 26 heavy (non-hydrogen) atoms. The summed E-state index contributed by atoms with van der Waals surface area (Å²) in [6.07, 6.45) is 0. The zero-order valence-corrected chi connectivity index (χ0v) is 13.9. The lowest BCUT2D eigenvalue weighted by Crippen LogP contribution is -2.29. The molecule has 3 aromatic rings. The minimum absolute atomic E-state index is 0.0334. The van der Waals surface area contributed by atoms with Crippen molar-refractivity contribution in [1.82, 2.24) is 5.32 Å². The van der Waals surface area contributed by atoms with Crippen molar-refractivity contribution >= 4 is 28.3 Å². The van der Waals surface area contributed by atoms with Gasteiger partial charge in [-0.3, -0.25) is 14.9 Å². The van der Waals surface area contributed by atoms with Crippen LogP contribution in [0.5, 0.6) is 0 Å². The van der Waals surface area contributed by atoms with Gasteiger partial charge in [-0.1, -0.05) is 12.1 Å². The van der Waals surface area contributed by atoms with E-state index in [1.807, 2.05) is 0 Å². The summed E-state index contributed by atoms with van der Waals surface area (Å²) in [6, 6.07) is 10.3. The van der Waals surface area contributed by atoms with Crippen LogP contribution in [0.25, 0.3) is 11.0 Å². The third kappa shape index (κ3) is 3.49. The number of hydrogen-bond donors (Lipinski definition) is 2. The monoisotopic (exact) mass is 357 g/mol. The number of nitrogens with one attached hydrogen (secondary N) is 2. The molecule has 0 atom stereocenters. The number of halogens is 1. The first kappa shape index (κ1) is 17.4. The maximum Gasteiger partial charge on any atom is 0.292 e. The molecule has 1 heterocycles. The fourth-order valence-corrected chi connectivity index (χ4v) is 2.65. The largest absolute Gasteiger partial charge is 0.451 e. The van der Waals surface area contributed by atoms with Gasteiger partial charge < -0.3 is 15.1 Å². The van der Waals surface area contributed by atoms with E-state index in [0.717, 1.165) is 0 Å². The van der Waals surface area contributed by atoms with Gasteiger partial charge in [0, 0.05) is 30.1 Å². The Hall–Kier alpha value is -3.42. The van der Waals surface area contributed by atoms with E-state index in [0.29, 0.717) is 28.8 Å². The number of furan rings is 1. The molecule has 0 bridgehead atoms.